The first-order valence-corrected chi connectivity index (χ1v) is 14.6. The van der Waals surface area contributed by atoms with Gasteiger partial charge in [0.2, 0.25) is 0 Å². The fourth-order valence-electron chi connectivity index (χ4n) is 4.45. The van der Waals surface area contributed by atoms with Gasteiger partial charge in [0.15, 0.2) is 0 Å². The molecule has 3 aromatic rings. The number of carbonyl (C=O) groups excluding carboxylic acids is 3. The van der Waals surface area contributed by atoms with E-state index in [-0.39, 0.29) is 6.10 Å². The van der Waals surface area contributed by atoms with Gasteiger partial charge in [0, 0.05) is 21.7 Å². The van der Waals surface area contributed by atoms with Gasteiger partial charge in [-0.25, -0.2) is 0 Å². The largest absolute Gasteiger partial charge is 0.545 e. The summed E-state index contributed by atoms with van der Waals surface area (Å²) in [6.45, 7) is 2.61. The third-order valence-electron chi connectivity index (χ3n) is 6.65. The molecule has 3 heterocycles. The van der Waals surface area contributed by atoms with Crippen molar-refractivity contribution in [1.82, 2.24) is 0 Å². The second-order valence-corrected chi connectivity index (χ2v) is 10.6. The van der Waals surface area contributed by atoms with Crippen LogP contribution < -0.4 is 29.5 Å². The van der Waals surface area contributed by atoms with Crippen molar-refractivity contribution in [2.24, 2.45) is 0 Å². The van der Waals surface area contributed by atoms with Crippen LogP contribution in [0.1, 0.15) is 23.6 Å². The fraction of sp³-hybridized carbons (Fsp3) is 0.108. The molecule has 0 aliphatic carbocycles. The number of carboxylic acid groups (broad SMARTS) is 3. The maximum Gasteiger partial charge on any atom is 0.127 e. The summed E-state index contributed by atoms with van der Waals surface area (Å²) in [5.41, 5.74) is 5.16. The van der Waals surface area contributed by atoms with Gasteiger partial charge in [0.05, 0.1) is 17.9 Å². The van der Waals surface area contributed by atoms with Crippen LogP contribution in [0, 0.1) is 0 Å². The predicted molar refractivity (Wildman–Crippen MR) is 172 cm³/mol. The van der Waals surface area contributed by atoms with Crippen LogP contribution in [0.3, 0.4) is 0 Å². The molecule has 1 atom stereocenters. The Morgan fingerprint density at radius 1 is 0.660 bits per heavy atom. The first-order valence-electron chi connectivity index (χ1n) is 14.3. The highest BCUT2D eigenvalue weighted by Gasteiger charge is 2.16. The molecule has 0 radical (unpaired) electrons. The van der Waals surface area contributed by atoms with Gasteiger partial charge in [-0.1, -0.05) is 66.2 Å². The Morgan fingerprint density at radius 3 is 1.74 bits per heavy atom. The second-order valence-electron chi connectivity index (χ2n) is 10.1. The van der Waals surface area contributed by atoms with Crippen LogP contribution in [0.25, 0.3) is 18.2 Å². The van der Waals surface area contributed by atoms with Crippen molar-refractivity contribution in [2.45, 2.75) is 13.0 Å². The molecule has 0 amide bonds. The molecule has 0 saturated carbocycles. The van der Waals surface area contributed by atoms with E-state index in [2.05, 4.69) is 0 Å². The van der Waals surface area contributed by atoms with Gasteiger partial charge in [-0.2, -0.15) is 0 Å². The van der Waals surface area contributed by atoms with E-state index in [1.54, 1.807) is 18.2 Å². The molecule has 0 N–H and O–H groups in total. The van der Waals surface area contributed by atoms with Crippen molar-refractivity contribution in [3.63, 3.8) is 0 Å². The minimum absolute atomic E-state index is 0.148. The number of rotatable bonds is 6. The lowest BCUT2D eigenvalue weighted by molar-refractivity contribution is -0.298. The quantitative estimate of drug-likeness (QED) is 0.366. The summed E-state index contributed by atoms with van der Waals surface area (Å²) in [5.74, 6) is -1.24. The maximum absolute atomic E-state index is 10.3. The Bertz CT molecular complexity index is 1830. The maximum atomic E-state index is 10.3. The molecule has 3 aromatic carbocycles. The summed E-state index contributed by atoms with van der Waals surface area (Å²) >= 11 is 5.84. The van der Waals surface area contributed by atoms with Crippen LogP contribution in [0.15, 0.2) is 120 Å². The monoisotopic (exact) mass is 651 g/mol. The smallest absolute Gasteiger partial charge is 0.127 e. The lowest BCUT2D eigenvalue weighted by Crippen LogP contribution is -2.21. The van der Waals surface area contributed by atoms with Gasteiger partial charge >= 0.3 is 0 Å². The zero-order valence-corrected chi connectivity index (χ0v) is 25.8. The number of halogens is 1. The molecule has 0 saturated heterocycles. The van der Waals surface area contributed by atoms with Crippen LogP contribution in [0.2, 0.25) is 5.02 Å². The summed E-state index contributed by atoms with van der Waals surface area (Å²) in [4.78, 5) is 30.8. The van der Waals surface area contributed by atoms with E-state index in [1.807, 2.05) is 73.7 Å². The van der Waals surface area contributed by atoms with E-state index in [9.17, 15) is 29.7 Å². The van der Waals surface area contributed by atoms with Crippen LogP contribution in [0.5, 0.6) is 17.2 Å². The van der Waals surface area contributed by atoms with Crippen molar-refractivity contribution in [1.29, 1.82) is 0 Å². The van der Waals surface area contributed by atoms with Gasteiger partial charge in [0.25, 0.3) is 0 Å². The summed E-state index contributed by atoms with van der Waals surface area (Å²) < 4.78 is 16.5. The van der Waals surface area contributed by atoms with Crippen molar-refractivity contribution < 1.29 is 43.9 Å². The molecule has 47 heavy (non-hydrogen) atoms. The highest BCUT2D eigenvalue weighted by Crippen LogP contribution is 2.30. The number of benzene rings is 3. The third kappa shape index (κ3) is 10.7. The zero-order chi connectivity index (χ0) is 33.8. The van der Waals surface area contributed by atoms with Crippen molar-refractivity contribution in [3.05, 3.63) is 142 Å². The highest BCUT2D eigenvalue weighted by atomic mass is 35.5. The number of hydrogen-bond donors (Lipinski definition) is 0. The van der Waals surface area contributed by atoms with E-state index in [1.165, 1.54) is 18.2 Å². The first kappa shape index (κ1) is 34.1. The van der Waals surface area contributed by atoms with Gasteiger partial charge in [0.1, 0.15) is 36.6 Å². The Balaban J connectivity index is 0.000000160. The molecular formula is C37H28ClO9-3. The normalized spacial score (nSPS) is 15.8. The molecule has 3 aliphatic rings. The molecule has 10 heteroatoms. The summed E-state index contributed by atoms with van der Waals surface area (Å²) in [5, 5.41) is 31.4. The van der Waals surface area contributed by atoms with Gasteiger partial charge in [-0.15, -0.1) is 0 Å². The number of carboxylic acids is 3. The molecule has 0 spiro atoms. The van der Waals surface area contributed by atoms with Crippen molar-refractivity contribution >= 4 is 47.7 Å². The summed E-state index contributed by atoms with van der Waals surface area (Å²) in [6.07, 6.45) is 13.0. The lowest BCUT2D eigenvalue weighted by Gasteiger charge is -2.22. The minimum atomic E-state index is -1.22. The van der Waals surface area contributed by atoms with Crippen LogP contribution in [0.4, 0.5) is 0 Å². The Labute approximate surface area is 276 Å². The Morgan fingerprint density at radius 2 is 1.15 bits per heavy atom. The summed E-state index contributed by atoms with van der Waals surface area (Å²) in [7, 11) is 0. The molecule has 0 bridgehead atoms. The van der Waals surface area contributed by atoms with Gasteiger partial charge < -0.3 is 43.9 Å². The van der Waals surface area contributed by atoms with Crippen molar-refractivity contribution in [3.8, 4) is 17.2 Å². The molecule has 0 aromatic heterocycles. The number of ether oxygens (including phenoxy) is 3. The lowest BCUT2D eigenvalue weighted by atomic mass is 10.0. The number of carbonyl (C=O) groups is 3. The fourth-order valence-corrected chi connectivity index (χ4v) is 4.63. The van der Waals surface area contributed by atoms with Gasteiger partial charge in [-0.3, -0.25) is 0 Å². The summed E-state index contributed by atoms with van der Waals surface area (Å²) in [6, 6.07) is 20.5. The minimum Gasteiger partial charge on any atom is -0.545 e. The standard InChI is InChI=1S/C13H12O3.C12H9ClO3.C12H10O3/c1-9-10(6-7-13(14)15)8-11-4-2-3-5-12(11)16-9;13-10-2-3-11-9(6-10)5-8(7-16-11)1-4-12(14)15;13-12(14)6-5-9-7-10-3-1-2-4-11(10)15-8-9/h2-9H,1H3,(H,14,15);1-6H,7H2,(H,14,15);1-7H,8H2,(H,13,14)/p-3/b7-6+;4-1+;6-5+/t9-;;/m1../s1. The topological polar surface area (TPSA) is 148 Å². The predicted octanol–water partition coefficient (Wildman–Crippen LogP) is 3.35. The van der Waals surface area contributed by atoms with Gasteiger partial charge in [-0.05, 0) is 90.4 Å². The first-order chi connectivity index (χ1) is 22.6. The molecule has 3 aliphatic heterocycles. The van der Waals surface area contributed by atoms with Crippen molar-refractivity contribution in [2.75, 3.05) is 13.2 Å². The molecule has 0 fully saturated rings. The Hall–Kier alpha value is -5.80. The highest BCUT2D eigenvalue weighted by molar-refractivity contribution is 6.30. The zero-order valence-electron chi connectivity index (χ0n) is 25.1. The van der Waals surface area contributed by atoms with E-state index in [0.29, 0.717) is 18.2 Å². The molecule has 240 valence electrons. The SMILES string of the molecule is C[C@H]1Oc2ccccc2C=C1/C=C/C(=O)[O-].O=C([O-])/C=C/C1=Cc2cc(Cl)ccc2OC1.O=C([O-])/C=C/C1=Cc2ccccc2OC1. The molecule has 6 rings (SSSR count). The van der Waals surface area contributed by atoms with Crippen LogP contribution in [-0.2, 0) is 14.4 Å². The Kier molecular flexibility index (Phi) is 12.0. The number of para-hydroxylation sites is 2. The molecule has 0 unspecified atom stereocenters. The third-order valence-corrected chi connectivity index (χ3v) is 6.89. The van der Waals surface area contributed by atoms with Crippen LogP contribution >= 0.6 is 11.6 Å². The average Bonchev–Trinajstić information content (AvgIpc) is 3.05. The van der Waals surface area contributed by atoms with E-state index in [0.717, 1.165) is 68.9 Å². The molecular weight excluding hydrogens is 624 g/mol. The van der Waals surface area contributed by atoms with E-state index >= 15 is 0 Å². The van der Waals surface area contributed by atoms with E-state index in [4.69, 9.17) is 25.8 Å². The van der Waals surface area contributed by atoms with Crippen LogP contribution in [-0.4, -0.2) is 37.2 Å². The average molecular weight is 652 g/mol. The number of hydrogen-bond acceptors (Lipinski definition) is 9. The van der Waals surface area contributed by atoms with E-state index < -0.39 is 17.9 Å². The number of fused-ring (bicyclic) bond motifs is 3. The molecule has 9 nitrogen and oxygen atoms in total. The number of aliphatic carboxylic acids is 3. The second kappa shape index (κ2) is 16.5.